The Hall–Kier alpha value is -3.21. The first-order valence-corrected chi connectivity index (χ1v) is 10.7. The van der Waals surface area contributed by atoms with E-state index >= 15 is 0 Å². The first-order valence-electron chi connectivity index (χ1n) is 10.7. The molecule has 1 aliphatic rings. The summed E-state index contributed by atoms with van der Waals surface area (Å²) in [5.74, 6) is 0.766. The van der Waals surface area contributed by atoms with Gasteiger partial charge in [-0.2, -0.15) is 0 Å². The highest BCUT2D eigenvalue weighted by Crippen LogP contribution is 2.60. The second-order valence-electron chi connectivity index (χ2n) is 9.28. The third-order valence-corrected chi connectivity index (χ3v) is 6.22. The highest BCUT2D eigenvalue weighted by atomic mass is 16.2. The van der Waals surface area contributed by atoms with Crippen LogP contribution in [0.2, 0.25) is 0 Å². The van der Waals surface area contributed by atoms with E-state index in [4.69, 9.17) is 0 Å². The second-order valence-corrected chi connectivity index (χ2v) is 9.28. The predicted molar refractivity (Wildman–Crippen MR) is 123 cm³/mol. The lowest BCUT2D eigenvalue weighted by Crippen LogP contribution is -2.34. The topological polar surface area (TPSA) is 66.1 Å². The number of H-pyrrole nitrogens is 1. The molecular weight excluding hydrogens is 386 g/mol. The van der Waals surface area contributed by atoms with Crippen molar-refractivity contribution in [2.75, 3.05) is 0 Å². The molecule has 160 valence electrons. The maximum atomic E-state index is 13.6. The van der Waals surface area contributed by atoms with Crippen molar-refractivity contribution in [2.24, 2.45) is 17.3 Å². The molecule has 1 fully saturated rings. The van der Waals surface area contributed by atoms with Crippen LogP contribution in [-0.4, -0.2) is 20.8 Å². The third kappa shape index (κ3) is 4.31. The molecule has 5 heteroatoms. The van der Waals surface area contributed by atoms with Crippen LogP contribution in [0.3, 0.4) is 0 Å². The molecule has 0 aliphatic heterocycles. The largest absolute Gasteiger partial charge is 0.331 e. The Morgan fingerprint density at radius 1 is 1.06 bits per heavy atom. The molecule has 2 aromatic carbocycles. The number of nitrogens with one attached hydrogen (secondary N) is 1. The number of aromatic nitrogens is 2. The van der Waals surface area contributed by atoms with Crippen molar-refractivity contribution in [3.8, 4) is 0 Å². The Labute approximate surface area is 182 Å². The number of hydrogen-bond donors (Lipinski definition) is 1. The molecular formula is C26H29N3O2. The summed E-state index contributed by atoms with van der Waals surface area (Å²) in [7, 11) is 0. The minimum Gasteiger partial charge on any atom is -0.331 e. The minimum absolute atomic E-state index is 0.0710. The smallest absolute Gasteiger partial charge is 0.258 e. The van der Waals surface area contributed by atoms with Gasteiger partial charge in [-0.1, -0.05) is 68.0 Å². The van der Waals surface area contributed by atoms with Gasteiger partial charge in [-0.05, 0) is 42.9 Å². The van der Waals surface area contributed by atoms with Gasteiger partial charge >= 0.3 is 0 Å². The first kappa shape index (κ1) is 21.0. The molecule has 0 spiro atoms. The van der Waals surface area contributed by atoms with Gasteiger partial charge in [0.25, 0.3) is 5.56 Å². The molecule has 1 amide bonds. The van der Waals surface area contributed by atoms with Gasteiger partial charge in [-0.15, -0.1) is 0 Å². The molecule has 1 N–H and O–H groups in total. The van der Waals surface area contributed by atoms with Crippen LogP contribution in [0.1, 0.15) is 39.1 Å². The number of carbonyl (C=O) groups excluding carboxylic acids is 1. The van der Waals surface area contributed by atoms with Crippen LogP contribution in [0.4, 0.5) is 0 Å². The van der Waals surface area contributed by atoms with Gasteiger partial charge in [-0.25, -0.2) is 4.98 Å². The van der Waals surface area contributed by atoms with Crippen LogP contribution < -0.4 is 5.56 Å². The van der Waals surface area contributed by atoms with E-state index < -0.39 is 0 Å². The van der Waals surface area contributed by atoms with Crippen molar-refractivity contribution in [3.63, 3.8) is 0 Å². The van der Waals surface area contributed by atoms with Crippen molar-refractivity contribution in [3.05, 3.63) is 88.0 Å². The highest BCUT2D eigenvalue weighted by molar-refractivity contribution is 5.84. The van der Waals surface area contributed by atoms with Crippen molar-refractivity contribution >= 4 is 16.8 Å². The van der Waals surface area contributed by atoms with E-state index in [1.54, 1.807) is 6.07 Å². The molecule has 4 rings (SSSR count). The van der Waals surface area contributed by atoms with Crippen LogP contribution in [-0.2, 0) is 17.9 Å². The van der Waals surface area contributed by atoms with E-state index in [9.17, 15) is 9.59 Å². The number of nitrogens with zero attached hydrogens (tertiary/aromatic N) is 2. The number of hydrogen-bond acceptors (Lipinski definition) is 3. The number of aromatic amines is 1. The minimum atomic E-state index is -0.179. The monoisotopic (exact) mass is 415 g/mol. The van der Waals surface area contributed by atoms with E-state index in [1.807, 2.05) is 53.4 Å². The lowest BCUT2D eigenvalue weighted by molar-refractivity contribution is -0.134. The lowest BCUT2D eigenvalue weighted by atomic mass is 10.1. The normalized spacial score (nSPS) is 19.1. The number of fused-ring (bicyclic) bond motifs is 1. The molecule has 0 unspecified atom stereocenters. The fraction of sp³-hybridized carbons (Fsp3) is 0.346. The fourth-order valence-corrected chi connectivity index (χ4v) is 4.42. The third-order valence-electron chi connectivity index (χ3n) is 6.22. The molecule has 1 aliphatic carbocycles. The SMILES string of the molecule is CC(C)=C[C@H]1[C@@H](C(=O)N(Cc2ccccc2)Cc2nc3ccccc3c(=O)[nH]2)C1(C)C. The summed E-state index contributed by atoms with van der Waals surface area (Å²) in [4.78, 5) is 35.5. The van der Waals surface area contributed by atoms with Gasteiger partial charge in [0.05, 0.1) is 23.4 Å². The molecule has 1 saturated carbocycles. The summed E-state index contributed by atoms with van der Waals surface area (Å²) in [5, 5.41) is 0.555. The first-order chi connectivity index (χ1) is 14.8. The zero-order valence-corrected chi connectivity index (χ0v) is 18.6. The summed E-state index contributed by atoms with van der Waals surface area (Å²) in [6, 6.07) is 17.2. The Bertz CT molecular complexity index is 1190. The molecule has 1 heterocycles. The molecule has 0 radical (unpaired) electrons. The molecule has 31 heavy (non-hydrogen) atoms. The number of para-hydroxylation sites is 1. The van der Waals surface area contributed by atoms with E-state index in [2.05, 4.69) is 43.7 Å². The van der Waals surface area contributed by atoms with Crippen LogP contribution in [0, 0.1) is 17.3 Å². The van der Waals surface area contributed by atoms with Gasteiger partial charge in [0, 0.05) is 6.54 Å². The van der Waals surface area contributed by atoms with Crippen molar-refractivity contribution in [2.45, 2.75) is 40.8 Å². The van der Waals surface area contributed by atoms with Crippen molar-refractivity contribution in [1.29, 1.82) is 0 Å². The Balaban J connectivity index is 1.66. The van der Waals surface area contributed by atoms with Crippen molar-refractivity contribution in [1.82, 2.24) is 14.9 Å². The Kier molecular flexibility index (Phi) is 5.52. The summed E-state index contributed by atoms with van der Waals surface area (Å²) in [6.07, 6.45) is 2.21. The van der Waals surface area contributed by atoms with Crippen LogP contribution in [0.25, 0.3) is 10.9 Å². The summed E-state index contributed by atoms with van der Waals surface area (Å²) < 4.78 is 0. The summed E-state index contributed by atoms with van der Waals surface area (Å²) in [6.45, 7) is 9.18. The predicted octanol–water partition coefficient (Wildman–Crippen LogP) is 4.69. The van der Waals surface area contributed by atoms with Gasteiger partial charge in [0.2, 0.25) is 5.91 Å². The zero-order chi connectivity index (χ0) is 22.2. The van der Waals surface area contributed by atoms with Crippen molar-refractivity contribution < 1.29 is 4.79 Å². The quantitative estimate of drug-likeness (QED) is 0.594. The van der Waals surface area contributed by atoms with Gasteiger partial charge < -0.3 is 9.88 Å². The van der Waals surface area contributed by atoms with Crippen LogP contribution in [0.15, 0.2) is 71.0 Å². The molecule has 0 saturated heterocycles. The van der Waals surface area contributed by atoms with E-state index in [0.29, 0.717) is 23.3 Å². The Morgan fingerprint density at radius 3 is 2.45 bits per heavy atom. The fourth-order valence-electron chi connectivity index (χ4n) is 4.42. The average molecular weight is 416 g/mol. The van der Waals surface area contributed by atoms with E-state index in [1.165, 1.54) is 5.57 Å². The number of rotatable bonds is 6. The standard InChI is InChI=1S/C26H29N3O2/c1-17(2)14-20-23(26(20,3)4)25(31)29(15-18-10-6-5-7-11-18)16-22-27-21-13-9-8-12-19(21)24(30)28-22/h5-14,20,23H,15-16H2,1-4H3,(H,27,28,30)/t20-,23-/m0/s1. The zero-order valence-electron chi connectivity index (χ0n) is 18.6. The van der Waals surface area contributed by atoms with E-state index in [0.717, 1.165) is 5.56 Å². The lowest BCUT2D eigenvalue weighted by Gasteiger charge is -2.23. The maximum absolute atomic E-state index is 13.6. The number of carbonyl (C=O) groups is 1. The Morgan fingerprint density at radius 2 is 1.74 bits per heavy atom. The average Bonchev–Trinajstić information content (AvgIpc) is 3.26. The van der Waals surface area contributed by atoms with E-state index in [-0.39, 0.29) is 35.3 Å². The molecule has 5 nitrogen and oxygen atoms in total. The van der Waals surface area contributed by atoms with Crippen LogP contribution >= 0.6 is 0 Å². The van der Waals surface area contributed by atoms with Crippen LogP contribution in [0.5, 0.6) is 0 Å². The number of benzene rings is 2. The summed E-state index contributed by atoms with van der Waals surface area (Å²) >= 11 is 0. The number of allylic oxidation sites excluding steroid dienone is 2. The maximum Gasteiger partial charge on any atom is 0.258 e. The molecule has 2 atom stereocenters. The molecule has 1 aromatic heterocycles. The highest BCUT2D eigenvalue weighted by Gasteiger charge is 2.61. The van der Waals surface area contributed by atoms with Gasteiger partial charge in [0.1, 0.15) is 5.82 Å². The molecule has 3 aromatic rings. The second kappa shape index (κ2) is 8.14. The molecule has 0 bridgehead atoms. The number of amides is 1. The summed E-state index contributed by atoms with van der Waals surface area (Å²) in [5.41, 5.74) is 2.66. The van der Waals surface area contributed by atoms with Gasteiger partial charge in [0.15, 0.2) is 0 Å². The van der Waals surface area contributed by atoms with Gasteiger partial charge in [-0.3, -0.25) is 9.59 Å².